The number of aromatic nitrogens is 1. The zero-order chi connectivity index (χ0) is 24.1. The number of nitrogens with one attached hydrogen (secondary N) is 1. The standard InChI is InChI=1S/C27H33N3O4/c1-5-19(4)28-27(31)23-16-32-26(29-23)15-30(13-20-6-9-22(10-7-20)18(2)3)14-21-8-11-24-25(12-21)34-17-33-24/h6-12,16,18-19H,5,13-15,17H2,1-4H3,(H,28,31). The van der Waals surface area contributed by atoms with Crippen LogP contribution in [-0.4, -0.2) is 28.6 Å². The van der Waals surface area contributed by atoms with Crippen LogP contribution < -0.4 is 14.8 Å². The Morgan fingerprint density at radius 1 is 1.00 bits per heavy atom. The predicted octanol–water partition coefficient (Wildman–Crippen LogP) is 5.26. The van der Waals surface area contributed by atoms with Crippen molar-refractivity contribution in [3.63, 3.8) is 0 Å². The van der Waals surface area contributed by atoms with Gasteiger partial charge in [0.25, 0.3) is 5.91 Å². The van der Waals surface area contributed by atoms with E-state index in [1.165, 1.54) is 17.4 Å². The third-order valence-corrected chi connectivity index (χ3v) is 6.03. The van der Waals surface area contributed by atoms with E-state index in [9.17, 15) is 4.79 Å². The molecule has 7 heteroatoms. The van der Waals surface area contributed by atoms with Gasteiger partial charge in [-0.1, -0.05) is 51.1 Å². The minimum absolute atomic E-state index is 0.0870. The van der Waals surface area contributed by atoms with Gasteiger partial charge in [0.1, 0.15) is 6.26 Å². The van der Waals surface area contributed by atoms with E-state index in [0.717, 1.165) is 23.5 Å². The Hall–Kier alpha value is -3.32. The van der Waals surface area contributed by atoms with Gasteiger partial charge in [0, 0.05) is 19.1 Å². The van der Waals surface area contributed by atoms with Crippen LogP contribution in [0.3, 0.4) is 0 Å². The van der Waals surface area contributed by atoms with Crippen LogP contribution in [0.5, 0.6) is 11.5 Å². The lowest BCUT2D eigenvalue weighted by Gasteiger charge is -2.21. The van der Waals surface area contributed by atoms with Gasteiger partial charge in [0.2, 0.25) is 12.7 Å². The highest BCUT2D eigenvalue weighted by Gasteiger charge is 2.19. The summed E-state index contributed by atoms with van der Waals surface area (Å²) in [5.41, 5.74) is 3.92. The Labute approximate surface area is 201 Å². The minimum atomic E-state index is -0.212. The Balaban J connectivity index is 1.50. The monoisotopic (exact) mass is 463 g/mol. The number of carbonyl (C=O) groups excluding carboxylic acids is 1. The maximum Gasteiger partial charge on any atom is 0.273 e. The summed E-state index contributed by atoms with van der Waals surface area (Å²) in [5, 5.41) is 2.93. The lowest BCUT2D eigenvalue weighted by Crippen LogP contribution is -2.32. The summed E-state index contributed by atoms with van der Waals surface area (Å²) in [5.74, 6) is 2.32. The molecule has 0 saturated carbocycles. The molecular formula is C27H33N3O4. The normalized spacial score (nSPS) is 13.5. The van der Waals surface area contributed by atoms with E-state index in [0.29, 0.717) is 37.1 Å². The van der Waals surface area contributed by atoms with Crippen LogP contribution in [0.2, 0.25) is 0 Å². The quantitative estimate of drug-likeness (QED) is 0.442. The Morgan fingerprint density at radius 3 is 2.44 bits per heavy atom. The summed E-state index contributed by atoms with van der Waals surface area (Å²) in [6.45, 7) is 10.5. The van der Waals surface area contributed by atoms with E-state index in [-0.39, 0.29) is 18.7 Å². The first kappa shape index (κ1) is 23.8. The molecule has 0 fully saturated rings. The van der Waals surface area contributed by atoms with Crippen LogP contribution in [0.4, 0.5) is 0 Å². The molecule has 7 nitrogen and oxygen atoms in total. The molecule has 1 unspecified atom stereocenters. The van der Waals surface area contributed by atoms with Crippen LogP contribution in [-0.2, 0) is 19.6 Å². The van der Waals surface area contributed by atoms with Crippen molar-refractivity contribution in [2.75, 3.05) is 6.79 Å². The van der Waals surface area contributed by atoms with E-state index in [2.05, 4.69) is 53.3 Å². The molecule has 0 spiro atoms. The number of carbonyl (C=O) groups is 1. The Kier molecular flexibility index (Phi) is 7.53. The molecule has 0 bridgehead atoms. The molecule has 2 heterocycles. The lowest BCUT2D eigenvalue weighted by atomic mass is 10.0. The molecule has 3 aromatic rings. The van der Waals surface area contributed by atoms with Gasteiger partial charge in [-0.05, 0) is 48.1 Å². The highest BCUT2D eigenvalue weighted by Crippen LogP contribution is 2.33. The second-order valence-corrected chi connectivity index (χ2v) is 9.14. The predicted molar refractivity (Wildman–Crippen MR) is 130 cm³/mol. The number of fused-ring (bicyclic) bond motifs is 1. The van der Waals surface area contributed by atoms with Crippen LogP contribution >= 0.6 is 0 Å². The van der Waals surface area contributed by atoms with Crippen LogP contribution in [0.1, 0.15) is 73.1 Å². The number of rotatable bonds is 10. The molecule has 1 aliphatic rings. The molecular weight excluding hydrogens is 430 g/mol. The van der Waals surface area contributed by atoms with Crippen molar-refractivity contribution in [1.82, 2.24) is 15.2 Å². The van der Waals surface area contributed by atoms with Gasteiger partial charge in [0.05, 0.1) is 6.54 Å². The van der Waals surface area contributed by atoms with Crippen LogP contribution in [0.25, 0.3) is 0 Å². The average Bonchev–Trinajstić information content (AvgIpc) is 3.48. The average molecular weight is 464 g/mol. The van der Waals surface area contributed by atoms with Crippen LogP contribution in [0.15, 0.2) is 53.1 Å². The third-order valence-electron chi connectivity index (χ3n) is 6.03. The molecule has 1 N–H and O–H groups in total. The number of ether oxygens (including phenoxy) is 2. The fourth-order valence-electron chi connectivity index (χ4n) is 3.81. The SMILES string of the molecule is CCC(C)NC(=O)c1coc(CN(Cc2ccc(C(C)C)cc2)Cc2ccc3c(c2)OCO3)n1. The van der Waals surface area contributed by atoms with Gasteiger partial charge < -0.3 is 19.2 Å². The summed E-state index contributed by atoms with van der Waals surface area (Å²) < 4.78 is 16.7. The highest BCUT2D eigenvalue weighted by atomic mass is 16.7. The van der Waals surface area contributed by atoms with E-state index < -0.39 is 0 Å². The zero-order valence-corrected chi connectivity index (χ0v) is 20.3. The second-order valence-electron chi connectivity index (χ2n) is 9.14. The first-order chi connectivity index (χ1) is 16.4. The maximum absolute atomic E-state index is 12.4. The van der Waals surface area contributed by atoms with E-state index >= 15 is 0 Å². The molecule has 0 aliphatic carbocycles. The summed E-state index contributed by atoms with van der Waals surface area (Å²) >= 11 is 0. The van der Waals surface area contributed by atoms with Crippen molar-refractivity contribution in [1.29, 1.82) is 0 Å². The zero-order valence-electron chi connectivity index (χ0n) is 20.3. The van der Waals surface area contributed by atoms with Gasteiger partial charge >= 0.3 is 0 Å². The van der Waals surface area contributed by atoms with Crippen molar-refractivity contribution < 1.29 is 18.7 Å². The minimum Gasteiger partial charge on any atom is -0.454 e. The van der Waals surface area contributed by atoms with Gasteiger partial charge in [-0.15, -0.1) is 0 Å². The Morgan fingerprint density at radius 2 is 1.71 bits per heavy atom. The molecule has 4 rings (SSSR count). The summed E-state index contributed by atoms with van der Waals surface area (Å²) in [4.78, 5) is 19.1. The van der Waals surface area contributed by atoms with Crippen molar-refractivity contribution >= 4 is 5.91 Å². The van der Waals surface area contributed by atoms with Crippen molar-refractivity contribution in [3.05, 3.63) is 77.0 Å². The molecule has 0 saturated heterocycles. The number of oxazole rings is 1. The van der Waals surface area contributed by atoms with Crippen LogP contribution in [0, 0.1) is 0 Å². The second kappa shape index (κ2) is 10.7. The molecule has 1 aromatic heterocycles. The molecule has 0 radical (unpaired) electrons. The maximum atomic E-state index is 12.4. The first-order valence-electron chi connectivity index (χ1n) is 11.9. The first-order valence-corrected chi connectivity index (χ1v) is 11.9. The van der Waals surface area contributed by atoms with Gasteiger partial charge in [-0.2, -0.15) is 0 Å². The third kappa shape index (κ3) is 5.97. The molecule has 1 amide bonds. The van der Waals surface area contributed by atoms with Gasteiger partial charge in [-0.3, -0.25) is 9.69 Å². The molecule has 34 heavy (non-hydrogen) atoms. The summed E-state index contributed by atoms with van der Waals surface area (Å²) in [6.07, 6.45) is 2.29. The van der Waals surface area contributed by atoms with Gasteiger partial charge in [0.15, 0.2) is 17.2 Å². The largest absolute Gasteiger partial charge is 0.454 e. The lowest BCUT2D eigenvalue weighted by molar-refractivity contribution is 0.0934. The van der Waals surface area contributed by atoms with E-state index in [1.54, 1.807) is 0 Å². The number of hydrogen-bond acceptors (Lipinski definition) is 6. The Bertz CT molecular complexity index is 1110. The number of amides is 1. The van der Waals surface area contributed by atoms with Crippen molar-refractivity contribution in [2.24, 2.45) is 0 Å². The van der Waals surface area contributed by atoms with E-state index in [1.807, 2.05) is 32.0 Å². The molecule has 1 atom stereocenters. The number of benzene rings is 2. The smallest absolute Gasteiger partial charge is 0.273 e. The van der Waals surface area contributed by atoms with Gasteiger partial charge in [-0.25, -0.2) is 4.98 Å². The fraction of sp³-hybridized carbons (Fsp3) is 0.407. The number of hydrogen-bond donors (Lipinski definition) is 1. The van der Waals surface area contributed by atoms with E-state index in [4.69, 9.17) is 13.9 Å². The number of nitrogens with zero attached hydrogens (tertiary/aromatic N) is 2. The topological polar surface area (TPSA) is 76.8 Å². The van der Waals surface area contributed by atoms with Crippen molar-refractivity contribution in [2.45, 2.75) is 65.7 Å². The molecule has 180 valence electrons. The highest BCUT2D eigenvalue weighted by molar-refractivity contribution is 5.92. The molecule has 1 aliphatic heterocycles. The fourth-order valence-corrected chi connectivity index (χ4v) is 3.81. The summed E-state index contributed by atoms with van der Waals surface area (Å²) in [7, 11) is 0. The van der Waals surface area contributed by atoms with Crippen molar-refractivity contribution in [3.8, 4) is 11.5 Å². The summed E-state index contributed by atoms with van der Waals surface area (Å²) in [6, 6.07) is 14.8. The molecule has 2 aromatic carbocycles.